The van der Waals surface area contributed by atoms with E-state index in [4.69, 9.17) is 16.3 Å². The summed E-state index contributed by atoms with van der Waals surface area (Å²) in [5, 5.41) is 3.01. The van der Waals surface area contributed by atoms with E-state index in [0.717, 1.165) is 17.7 Å². The number of alkyl carbamates (subject to hydrolysis) is 1. The van der Waals surface area contributed by atoms with Gasteiger partial charge in [0.05, 0.1) is 17.4 Å². The van der Waals surface area contributed by atoms with Gasteiger partial charge in [-0.2, -0.15) is 13.2 Å². The molecule has 0 aliphatic heterocycles. The van der Waals surface area contributed by atoms with Crippen molar-refractivity contribution in [1.82, 2.24) is 10.3 Å². The summed E-state index contributed by atoms with van der Waals surface area (Å²) >= 11 is 6.43. The van der Waals surface area contributed by atoms with Crippen LogP contribution in [0, 0.1) is 6.92 Å². The number of carbonyl (C=O) groups excluding carboxylic acids is 2. The Morgan fingerprint density at radius 1 is 0.975 bits per heavy atom. The van der Waals surface area contributed by atoms with E-state index >= 15 is 0 Å². The van der Waals surface area contributed by atoms with Gasteiger partial charge in [-0.1, -0.05) is 60.1 Å². The molecule has 0 saturated heterocycles. The summed E-state index contributed by atoms with van der Waals surface area (Å²) in [5.41, 5.74) is 1.45. The maximum atomic E-state index is 13.8. The van der Waals surface area contributed by atoms with Crippen LogP contribution in [0.25, 0.3) is 11.1 Å². The fraction of sp³-hybridized carbons (Fsp3) is 0.167. The molecule has 0 radical (unpaired) electrons. The van der Waals surface area contributed by atoms with Crippen LogP contribution >= 0.6 is 11.6 Å². The summed E-state index contributed by atoms with van der Waals surface area (Å²) in [7, 11) is 0. The molecule has 0 saturated carbocycles. The maximum Gasteiger partial charge on any atom is 0.416 e. The van der Waals surface area contributed by atoms with Crippen LogP contribution in [-0.2, 0) is 17.5 Å². The van der Waals surface area contributed by atoms with Gasteiger partial charge < -0.3 is 15.0 Å². The zero-order valence-corrected chi connectivity index (χ0v) is 22.2. The number of nitrogens with one attached hydrogen (secondary N) is 1. The number of hydrogen-bond donors (Lipinski definition) is 1. The summed E-state index contributed by atoms with van der Waals surface area (Å²) in [6.45, 7) is 1.41. The van der Waals surface area contributed by atoms with Crippen molar-refractivity contribution in [2.45, 2.75) is 19.7 Å². The number of benzene rings is 3. The summed E-state index contributed by atoms with van der Waals surface area (Å²) in [5.74, 6) is -0.699. The lowest BCUT2D eigenvalue weighted by molar-refractivity contribution is -0.137. The van der Waals surface area contributed by atoms with Crippen LogP contribution < -0.4 is 10.2 Å². The predicted molar refractivity (Wildman–Crippen MR) is 147 cm³/mol. The molecule has 0 unspecified atom stereocenters. The number of aryl methyl sites for hydroxylation is 1. The van der Waals surface area contributed by atoms with Crippen molar-refractivity contribution >= 4 is 29.3 Å². The highest BCUT2D eigenvalue weighted by atomic mass is 35.5. The van der Waals surface area contributed by atoms with Gasteiger partial charge in [0.15, 0.2) is 0 Å². The van der Waals surface area contributed by atoms with Crippen molar-refractivity contribution in [3.63, 3.8) is 0 Å². The average Bonchev–Trinajstić information content (AvgIpc) is 2.94. The maximum absolute atomic E-state index is 13.8. The van der Waals surface area contributed by atoms with E-state index in [1.165, 1.54) is 30.3 Å². The molecule has 4 aromatic rings. The molecule has 0 atom stereocenters. The molecule has 40 heavy (non-hydrogen) atoms. The second kappa shape index (κ2) is 12.7. The van der Waals surface area contributed by atoms with Crippen molar-refractivity contribution in [3.05, 3.63) is 119 Å². The molecule has 0 spiro atoms. The highest BCUT2D eigenvalue weighted by Gasteiger charge is 2.32. The van der Waals surface area contributed by atoms with Gasteiger partial charge in [0.25, 0.3) is 5.91 Å². The molecule has 3 aromatic carbocycles. The van der Waals surface area contributed by atoms with Crippen LogP contribution in [-0.4, -0.2) is 30.1 Å². The Kier molecular flexibility index (Phi) is 9.06. The Bertz CT molecular complexity index is 1500. The second-order valence-corrected chi connectivity index (χ2v) is 9.31. The molecule has 0 bridgehead atoms. The first kappa shape index (κ1) is 28.6. The summed E-state index contributed by atoms with van der Waals surface area (Å²) in [6.07, 6.45) is -2.38. The number of amides is 2. The molecule has 0 fully saturated rings. The van der Waals surface area contributed by atoms with Crippen molar-refractivity contribution in [2.75, 3.05) is 18.0 Å². The Morgan fingerprint density at radius 2 is 1.70 bits per heavy atom. The third-order valence-corrected chi connectivity index (χ3v) is 6.30. The Hall–Kier alpha value is -4.37. The van der Waals surface area contributed by atoms with Crippen LogP contribution in [0.3, 0.4) is 0 Å². The standard InChI is InChI=1S/C30H25ClF3N3O3/c1-20-15-22(17-23(16-20)30(32,33)34)28(38)37(14-13-36-29(39)40-19-21-7-3-2-4-8-21)27-18-35-12-11-25(27)24-9-5-6-10-26(24)31/h2-12,15-18H,13-14,19H2,1H3,(H,36,39). The van der Waals surface area contributed by atoms with Crippen LogP contribution in [0.5, 0.6) is 0 Å². The number of aromatic nitrogens is 1. The molecule has 2 amide bonds. The molecule has 1 heterocycles. The number of pyridine rings is 1. The smallest absolute Gasteiger partial charge is 0.416 e. The van der Waals surface area contributed by atoms with E-state index in [1.807, 2.05) is 30.3 Å². The predicted octanol–water partition coefficient (Wildman–Crippen LogP) is 7.30. The van der Waals surface area contributed by atoms with Crippen LogP contribution in [0.4, 0.5) is 23.7 Å². The number of ether oxygens (including phenoxy) is 1. The molecule has 4 rings (SSSR count). The Labute approximate surface area is 234 Å². The minimum Gasteiger partial charge on any atom is -0.445 e. The number of nitrogens with zero attached hydrogens (tertiary/aromatic N) is 2. The van der Waals surface area contributed by atoms with Gasteiger partial charge in [-0.15, -0.1) is 0 Å². The van der Waals surface area contributed by atoms with Crippen molar-refractivity contribution in [2.24, 2.45) is 0 Å². The van der Waals surface area contributed by atoms with Gasteiger partial charge in [0.1, 0.15) is 6.61 Å². The molecule has 1 aromatic heterocycles. The zero-order valence-electron chi connectivity index (χ0n) is 21.4. The Balaban J connectivity index is 1.63. The largest absolute Gasteiger partial charge is 0.445 e. The van der Waals surface area contributed by atoms with Crippen molar-refractivity contribution < 1.29 is 27.5 Å². The summed E-state index contributed by atoms with van der Waals surface area (Å²) in [4.78, 5) is 31.5. The number of anilines is 1. The first-order valence-electron chi connectivity index (χ1n) is 12.3. The molecule has 1 N–H and O–H groups in total. The Morgan fingerprint density at radius 3 is 2.42 bits per heavy atom. The van der Waals surface area contributed by atoms with Crippen LogP contribution in [0.2, 0.25) is 5.02 Å². The van der Waals surface area contributed by atoms with Gasteiger partial charge in [-0.25, -0.2) is 4.79 Å². The second-order valence-electron chi connectivity index (χ2n) is 8.90. The van der Waals surface area contributed by atoms with Crippen LogP contribution in [0.15, 0.2) is 91.3 Å². The molecule has 10 heteroatoms. The molecule has 206 valence electrons. The highest BCUT2D eigenvalue weighted by Crippen LogP contribution is 2.36. The normalized spacial score (nSPS) is 11.1. The monoisotopic (exact) mass is 567 g/mol. The zero-order chi connectivity index (χ0) is 28.7. The van der Waals surface area contributed by atoms with Crippen LogP contribution in [0.1, 0.15) is 27.0 Å². The lowest BCUT2D eigenvalue weighted by Gasteiger charge is -2.26. The number of rotatable bonds is 8. The number of hydrogen-bond acceptors (Lipinski definition) is 4. The van der Waals surface area contributed by atoms with Crippen molar-refractivity contribution in [3.8, 4) is 11.1 Å². The van der Waals surface area contributed by atoms with E-state index in [2.05, 4.69) is 10.3 Å². The number of alkyl halides is 3. The first-order valence-corrected chi connectivity index (χ1v) is 12.7. The quantitative estimate of drug-likeness (QED) is 0.242. The number of carbonyl (C=O) groups is 2. The molecule has 0 aliphatic carbocycles. The summed E-state index contributed by atoms with van der Waals surface area (Å²) < 4.78 is 45.9. The first-order chi connectivity index (χ1) is 19.1. The van der Waals surface area contributed by atoms with Gasteiger partial charge >= 0.3 is 12.3 Å². The SMILES string of the molecule is Cc1cc(C(=O)N(CCNC(=O)OCc2ccccc2)c2cnccc2-c2ccccc2Cl)cc(C(F)(F)F)c1. The van der Waals surface area contributed by atoms with Gasteiger partial charge in [0, 0.05) is 41.0 Å². The average molecular weight is 568 g/mol. The van der Waals surface area contributed by atoms with E-state index in [9.17, 15) is 22.8 Å². The van der Waals surface area contributed by atoms with Gasteiger partial charge in [-0.3, -0.25) is 9.78 Å². The highest BCUT2D eigenvalue weighted by molar-refractivity contribution is 6.33. The van der Waals surface area contributed by atoms with Gasteiger partial charge in [0.2, 0.25) is 0 Å². The van der Waals surface area contributed by atoms with E-state index in [1.54, 1.807) is 30.3 Å². The third-order valence-electron chi connectivity index (χ3n) is 5.97. The fourth-order valence-corrected chi connectivity index (χ4v) is 4.35. The van der Waals surface area contributed by atoms with E-state index < -0.39 is 23.7 Å². The fourth-order valence-electron chi connectivity index (χ4n) is 4.11. The molecule has 0 aliphatic rings. The van der Waals surface area contributed by atoms with Crippen molar-refractivity contribution in [1.29, 1.82) is 0 Å². The molecular weight excluding hydrogens is 543 g/mol. The van der Waals surface area contributed by atoms with Gasteiger partial charge in [-0.05, 0) is 48.4 Å². The minimum absolute atomic E-state index is 0.0475. The minimum atomic E-state index is -4.63. The topological polar surface area (TPSA) is 71.5 Å². The van der Waals surface area contributed by atoms with E-state index in [0.29, 0.717) is 21.8 Å². The third kappa shape index (κ3) is 7.18. The molecular formula is C30H25ClF3N3O3. The number of halogens is 4. The lowest BCUT2D eigenvalue weighted by Crippen LogP contribution is -2.39. The summed E-state index contributed by atoms with van der Waals surface area (Å²) in [6, 6.07) is 20.9. The lowest BCUT2D eigenvalue weighted by atomic mass is 10.0. The van der Waals surface area contributed by atoms with E-state index in [-0.39, 0.29) is 30.8 Å². The molecule has 6 nitrogen and oxygen atoms in total.